The number of nitrogens with one attached hydrogen (secondary N) is 1. The van der Waals surface area contributed by atoms with Gasteiger partial charge in [-0.3, -0.25) is 9.59 Å². The second-order valence-corrected chi connectivity index (χ2v) is 8.94. The predicted molar refractivity (Wildman–Crippen MR) is 128 cm³/mol. The van der Waals surface area contributed by atoms with Crippen molar-refractivity contribution in [2.75, 3.05) is 19.7 Å². The summed E-state index contributed by atoms with van der Waals surface area (Å²) in [5, 5.41) is 11.8. The Labute approximate surface area is 199 Å². The molecule has 1 aliphatic carbocycles. The van der Waals surface area contributed by atoms with Crippen LogP contribution < -0.4 is 5.32 Å². The van der Waals surface area contributed by atoms with Gasteiger partial charge in [-0.05, 0) is 47.4 Å². The van der Waals surface area contributed by atoms with Gasteiger partial charge in [-0.2, -0.15) is 0 Å². The number of ether oxygens (including phenoxy) is 1. The highest BCUT2D eigenvalue weighted by Crippen LogP contribution is 2.44. The lowest BCUT2D eigenvalue weighted by molar-refractivity contribution is -0.141. The minimum atomic E-state index is -0.862. The average Bonchev–Trinajstić information content (AvgIpc) is 3.15. The van der Waals surface area contributed by atoms with E-state index in [-0.39, 0.29) is 37.2 Å². The van der Waals surface area contributed by atoms with Gasteiger partial charge in [0.2, 0.25) is 5.91 Å². The number of carbonyl (C=O) groups is 3. The monoisotopic (exact) mass is 462 g/mol. The van der Waals surface area contributed by atoms with E-state index in [0.29, 0.717) is 13.1 Å². The third-order valence-electron chi connectivity index (χ3n) is 6.63. The fourth-order valence-electron chi connectivity index (χ4n) is 5.07. The molecule has 2 atom stereocenters. The fourth-order valence-corrected chi connectivity index (χ4v) is 5.07. The van der Waals surface area contributed by atoms with E-state index in [9.17, 15) is 14.4 Å². The number of rotatable bonds is 8. The summed E-state index contributed by atoms with van der Waals surface area (Å²) in [4.78, 5) is 38.5. The zero-order valence-corrected chi connectivity index (χ0v) is 19.1. The summed E-state index contributed by atoms with van der Waals surface area (Å²) in [5.74, 6) is -1.23. The number of likely N-dealkylation sites (tertiary alicyclic amines) is 1. The lowest BCUT2D eigenvalue weighted by Crippen LogP contribution is -2.51. The summed E-state index contributed by atoms with van der Waals surface area (Å²) in [6.07, 6.45) is 2.77. The van der Waals surface area contributed by atoms with E-state index in [1.807, 2.05) is 24.3 Å². The van der Waals surface area contributed by atoms with Gasteiger partial charge in [0.05, 0.1) is 0 Å². The maximum Gasteiger partial charge on any atom is 0.407 e. The summed E-state index contributed by atoms with van der Waals surface area (Å²) in [6.45, 7) is 4.80. The molecule has 1 aliphatic heterocycles. The Morgan fingerprint density at radius 2 is 1.76 bits per heavy atom. The van der Waals surface area contributed by atoms with Crippen LogP contribution in [0.4, 0.5) is 4.79 Å². The number of piperidine rings is 1. The topological polar surface area (TPSA) is 95.9 Å². The quantitative estimate of drug-likeness (QED) is 0.574. The Bertz CT molecular complexity index is 1040. The highest BCUT2D eigenvalue weighted by molar-refractivity contribution is 5.86. The molecule has 7 nitrogen and oxygen atoms in total. The SMILES string of the molecule is C=CCC(NC(=O)OCC1c2ccccc2-c2ccccc21)C(=O)N1CCCC(CC(=O)O)C1. The number of benzene rings is 2. The molecule has 178 valence electrons. The second-order valence-electron chi connectivity index (χ2n) is 8.94. The van der Waals surface area contributed by atoms with Crippen molar-refractivity contribution in [1.29, 1.82) is 0 Å². The molecule has 2 unspecified atom stereocenters. The number of fused-ring (bicyclic) bond motifs is 3. The minimum absolute atomic E-state index is 0.0374. The number of hydrogen-bond acceptors (Lipinski definition) is 4. The van der Waals surface area contributed by atoms with Crippen molar-refractivity contribution >= 4 is 18.0 Å². The molecule has 1 fully saturated rings. The summed E-state index contributed by atoms with van der Waals surface area (Å²) in [7, 11) is 0. The van der Waals surface area contributed by atoms with Crippen LogP contribution in [0.1, 0.15) is 42.7 Å². The van der Waals surface area contributed by atoms with E-state index in [2.05, 4.69) is 36.2 Å². The van der Waals surface area contributed by atoms with Crippen molar-refractivity contribution in [3.05, 3.63) is 72.3 Å². The molecule has 1 heterocycles. The average molecular weight is 463 g/mol. The molecule has 2 aliphatic rings. The Kier molecular flexibility index (Phi) is 7.30. The van der Waals surface area contributed by atoms with E-state index in [1.54, 1.807) is 11.0 Å². The Hall–Kier alpha value is -3.61. The van der Waals surface area contributed by atoms with E-state index >= 15 is 0 Å². The molecule has 0 saturated carbocycles. The van der Waals surface area contributed by atoms with Crippen LogP contribution in [-0.2, 0) is 14.3 Å². The number of aliphatic carboxylic acids is 1. The van der Waals surface area contributed by atoms with Gasteiger partial charge in [-0.25, -0.2) is 4.79 Å². The molecule has 1 saturated heterocycles. The van der Waals surface area contributed by atoms with Gasteiger partial charge >= 0.3 is 12.1 Å². The first-order chi connectivity index (χ1) is 16.5. The molecule has 4 rings (SSSR count). The number of carboxylic acids is 1. The maximum atomic E-state index is 13.1. The van der Waals surface area contributed by atoms with Gasteiger partial charge < -0.3 is 20.1 Å². The number of amides is 2. The third kappa shape index (κ3) is 5.14. The number of carboxylic acid groups (broad SMARTS) is 1. The number of carbonyl (C=O) groups excluding carboxylic acids is 2. The zero-order valence-electron chi connectivity index (χ0n) is 19.1. The summed E-state index contributed by atoms with van der Waals surface area (Å²) < 4.78 is 5.59. The van der Waals surface area contributed by atoms with Crippen molar-refractivity contribution in [3.8, 4) is 11.1 Å². The molecule has 7 heteroatoms. The highest BCUT2D eigenvalue weighted by atomic mass is 16.5. The maximum absolute atomic E-state index is 13.1. The molecule has 0 spiro atoms. The zero-order chi connectivity index (χ0) is 24.1. The lowest BCUT2D eigenvalue weighted by Gasteiger charge is -2.34. The third-order valence-corrected chi connectivity index (χ3v) is 6.63. The second kappa shape index (κ2) is 10.5. The largest absolute Gasteiger partial charge is 0.481 e. The molecule has 2 N–H and O–H groups in total. The van der Waals surface area contributed by atoms with Crippen molar-refractivity contribution < 1.29 is 24.2 Å². The number of hydrogen-bond donors (Lipinski definition) is 2. The molecular weight excluding hydrogens is 432 g/mol. The van der Waals surface area contributed by atoms with Crippen molar-refractivity contribution in [2.24, 2.45) is 5.92 Å². The van der Waals surface area contributed by atoms with Crippen molar-refractivity contribution in [1.82, 2.24) is 10.2 Å². The number of nitrogens with zero attached hydrogens (tertiary/aromatic N) is 1. The molecule has 2 amide bonds. The van der Waals surface area contributed by atoms with Crippen LogP contribution in [0, 0.1) is 5.92 Å². The Morgan fingerprint density at radius 3 is 2.38 bits per heavy atom. The van der Waals surface area contributed by atoms with Crippen LogP contribution in [-0.4, -0.2) is 53.7 Å². The van der Waals surface area contributed by atoms with Gasteiger partial charge in [-0.1, -0.05) is 54.6 Å². The molecule has 2 aromatic carbocycles. The first-order valence-electron chi connectivity index (χ1n) is 11.7. The van der Waals surface area contributed by atoms with Crippen LogP contribution in [0.2, 0.25) is 0 Å². The summed E-state index contributed by atoms with van der Waals surface area (Å²) in [6, 6.07) is 15.4. The Balaban J connectivity index is 1.39. The molecular formula is C27H30N2O5. The molecule has 0 aromatic heterocycles. The smallest absolute Gasteiger partial charge is 0.407 e. The van der Waals surface area contributed by atoms with Gasteiger partial charge in [0.1, 0.15) is 12.6 Å². The summed E-state index contributed by atoms with van der Waals surface area (Å²) in [5.41, 5.74) is 4.53. The van der Waals surface area contributed by atoms with Gasteiger partial charge in [0.25, 0.3) is 0 Å². The molecule has 34 heavy (non-hydrogen) atoms. The van der Waals surface area contributed by atoms with Gasteiger partial charge in [-0.15, -0.1) is 6.58 Å². The van der Waals surface area contributed by atoms with E-state index in [1.165, 1.54) is 0 Å². The normalized spacial score (nSPS) is 17.9. The minimum Gasteiger partial charge on any atom is -0.481 e. The first kappa shape index (κ1) is 23.5. The highest BCUT2D eigenvalue weighted by Gasteiger charge is 2.32. The molecule has 2 aromatic rings. The van der Waals surface area contributed by atoms with E-state index in [0.717, 1.165) is 35.1 Å². The van der Waals surface area contributed by atoms with Crippen molar-refractivity contribution in [2.45, 2.75) is 37.6 Å². The van der Waals surface area contributed by atoms with Crippen LogP contribution in [0.5, 0.6) is 0 Å². The van der Waals surface area contributed by atoms with Crippen LogP contribution in [0.3, 0.4) is 0 Å². The van der Waals surface area contributed by atoms with E-state index in [4.69, 9.17) is 9.84 Å². The lowest BCUT2D eigenvalue weighted by atomic mass is 9.94. The predicted octanol–water partition coefficient (Wildman–Crippen LogP) is 4.18. The van der Waals surface area contributed by atoms with Crippen molar-refractivity contribution in [3.63, 3.8) is 0 Å². The van der Waals surface area contributed by atoms with Crippen LogP contribution in [0.15, 0.2) is 61.2 Å². The Morgan fingerprint density at radius 1 is 1.12 bits per heavy atom. The first-order valence-corrected chi connectivity index (χ1v) is 11.7. The summed E-state index contributed by atoms with van der Waals surface area (Å²) >= 11 is 0. The standard InChI is InChI=1S/C27H30N2O5/c1-2-8-24(26(32)29-14-7-9-18(16-29)15-25(30)31)28-27(33)34-17-23-21-12-5-3-10-19(21)20-11-4-6-13-22(20)23/h2-6,10-13,18,23-24H,1,7-9,14-17H2,(H,28,33)(H,30,31). The van der Waals surface area contributed by atoms with Crippen LogP contribution >= 0.6 is 0 Å². The van der Waals surface area contributed by atoms with E-state index < -0.39 is 18.1 Å². The van der Waals surface area contributed by atoms with Crippen LogP contribution in [0.25, 0.3) is 11.1 Å². The molecule has 0 bridgehead atoms. The molecule has 0 radical (unpaired) electrons. The fraction of sp³-hybridized carbons (Fsp3) is 0.370. The van der Waals surface area contributed by atoms with Gasteiger partial charge in [0, 0.05) is 25.4 Å². The number of alkyl carbamates (subject to hydrolysis) is 1. The van der Waals surface area contributed by atoms with Gasteiger partial charge in [0.15, 0.2) is 0 Å².